The van der Waals surface area contributed by atoms with E-state index in [2.05, 4.69) is 15.7 Å². The molecule has 6 heteroatoms. The molecule has 0 saturated heterocycles. The summed E-state index contributed by atoms with van der Waals surface area (Å²) in [6, 6.07) is 0. The molecule has 2 heterocycles. The number of aryl methyl sites for hydroxylation is 1. The lowest BCUT2D eigenvalue weighted by Crippen LogP contribution is -2.28. The standard InChI is InChI=1S/C15H22N4O2/c1-9-7-11-13(18-19(2)14(11)17-15(9)21)16-12(20)8-10-5-3-4-6-10/h9-10H,3-8H2,1-2H3,(H,17,21)(H,16,18,20). The molecular weight excluding hydrogens is 268 g/mol. The van der Waals surface area contributed by atoms with E-state index in [-0.39, 0.29) is 17.7 Å². The average Bonchev–Trinajstić information content (AvgIpc) is 3.01. The Kier molecular flexibility index (Phi) is 3.69. The van der Waals surface area contributed by atoms with Crippen LogP contribution in [0.1, 0.15) is 44.6 Å². The maximum absolute atomic E-state index is 12.2. The molecule has 21 heavy (non-hydrogen) atoms. The zero-order chi connectivity index (χ0) is 15.0. The second-order valence-corrected chi connectivity index (χ2v) is 6.30. The molecule has 1 atom stereocenters. The minimum absolute atomic E-state index is 0.00864. The van der Waals surface area contributed by atoms with Gasteiger partial charge in [0.2, 0.25) is 11.8 Å². The third-order valence-electron chi connectivity index (χ3n) is 4.55. The van der Waals surface area contributed by atoms with E-state index in [0.29, 0.717) is 30.4 Å². The van der Waals surface area contributed by atoms with Crippen LogP contribution in [0.2, 0.25) is 0 Å². The van der Waals surface area contributed by atoms with E-state index in [1.165, 1.54) is 12.8 Å². The van der Waals surface area contributed by atoms with Gasteiger partial charge in [-0.1, -0.05) is 19.8 Å². The SMILES string of the molecule is CC1Cc2c(NC(=O)CC3CCCC3)nn(C)c2NC1=O. The molecule has 3 rings (SSSR count). The Morgan fingerprint density at radius 1 is 1.43 bits per heavy atom. The van der Waals surface area contributed by atoms with Gasteiger partial charge in [0.25, 0.3) is 0 Å². The van der Waals surface area contributed by atoms with Crippen molar-refractivity contribution in [3.8, 4) is 0 Å². The summed E-state index contributed by atoms with van der Waals surface area (Å²) in [5.74, 6) is 1.77. The van der Waals surface area contributed by atoms with E-state index in [1.54, 1.807) is 11.7 Å². The van der Waals surface area contributed by atoms with Crippen LogP contribution in [0.5, 0.6) is 0 Å². The van der Waals surface area contributed by atoms with Gasteiger partial charge in [0, 0.05) is 24.9 Å². The molecule has 0 spiro atoms. The van der Waals surface area contributed by atoms with Crippen LogP contribution in [0.3, 0.4) is 0 Å². The first-order valence-electron chi connectivity index (χ1n) is 7.71. The van der Waals surface area contributed by atoms with E-state index in [9.17, 15) is 9.59 Å². The first-order valence-corrected chi connectivity index (χ1v) is 7.71. The van der Waals surface area contributed by atoms with Gasteiger partial charge in [-0.15, -0.1) is 0 Å². The molecule has 2 amide bonds. The summed E-state index contributed by atoms with van der Waals surface area (Å²) >= 11 is 0. The van der Waals surface area contributed by atoms with Crippen molar-refractivity contribution in [1.82, 2.24) is 9.78 Å². The number of carbonyl (C=O) groups excluding carboxylic acids is 2. The highest BCUT2D eigenvalue weighted by molar-refractivity contribution is 5.97. The highest BCUT2D eigenvalue weighted by atomic mass is 16.2. The van der Waals surface area contributed by atoms with E-state index in [0.717, 1.165) is 18.4 Å². The Balaban J connectivity index is 1.72. The van der Waals surface area contributed by atoms with Crippen molar-refractivity contribution in [3.05, 3.63) is 5.56 Å². The van der Waals surface area contributed by atoms with Crippen LogP contribution in [0.15, 0.2) is 0 Å². The van der Waals surface area contributed by atoms with Crippen LogP contribution >= 0.6 is 0 Å². The summed E-state index contributed by atoms with van der Waals surface area (Å²) in [5.41, 5.74) is 0.935. The fraction of sp³-hybridized carbons (Fsp3) is 0.667. The first-order chi connectivity index (χ1) is 10.0. The molecule has 0 radical (unpaired) electrons. The maximum atomic E-state index is 12.2. The molecule has 1 unspecified atom stereocenters. The fourth-order valence-electron chi connectivity index (χ4n) is 3.32. The summed E-state index contributed by atoms with van der Waals surface area (Å²) in [4.78, 5) is 23.9. The van der Waals surface area contributed by atoms with Crippen LogP contribution in [-0.2, 0) is 23.1 Å². The summed E-state index contributed by atoms with van der Waals surface area (Å²) in [6.07, 6.45) is 5.98. The summed E-state index contributed by atoms with van der Waals surface area (Å²) in [7, 11) is 1.78. The molecule has 1 aromatic heterocycles. The van der Waals surface area contributed by atoms with Crippen LogP contribution in [0, 0.1) is 11.8 Å². The normalized spacial score (nSPS) is 22.0. The fourth-order valence-corrected chi connectivity index (χ4v) is 3.32. The summed E-state index contributed by atoms with van der Waals surface area (Å²) < 4.78 is 1.63. The molecule has 1 aromatic rings. The number of aromatic nitrogens is 2. The zero-order valence-electron chi connectivity index (χ0n) is 12.6. The van der Waals surface area contributed by atoms with Crippen molar-refractivity contribution in [3.63, 3.8) is 0 Å². The van der Waals surface area contributed by atoms with Gasteiger partial charge in [-0.2, -0.15) is 5.10 Å². The Morgan fingerprint density at radius 3 is 2.86 bits per heavy atom. The van der Waals surface area contributed by atoms with Crippen LogP contribution in [-0.4, -0.2) is 21.6 Å². The number of fused-ring (bicyclic) bond motifs is 1. The number of carbonyl (C=O) groups is 2. The number of rotatable bonds is 3. The Morgan fingerprint density at radius 2 is 2.14 bits per heavy atom. The highest BCUT2D eigenvalue weighted by Gasteiger charge is 2.29. The van der Waals surface area contributed by atoms with Gasteiger partial charge in [-0.3, -0.25) is 14.3 Å². The molecule has 2 aliphatic rings. The number of hydrogen-bond acceptors (Lipinski definition) is 3. The van der Waals surface area contributed by atoms with Gasteiger partial charge in [0.1, 0.15) is 5.82 Å². The maximum Gasteiger partial charge on any atom is 0.228 e. The van der Waals surface area contributed by atoms with Crippen LogP contribution < -0.4 is 10.6 Å². The monoisotopic (exact) mass is 290 g/mol. The molecule has 1 fully saturated rings. The van der Waals surface area contributed by atoms with Gasteiger partial charge in [0.15, 0.2) is 5.82 Å². The van der Waals surface area contributed by atoms with E-state index >= 15 is 0 Å². The third-order valence-corrected chi connectivity index (χ3v) is 4.55. The van der Waals surface area contributed by atoms with Gasteiger partial charge < -0.3 is 10.6 Å². The van der Waals surface area contributed by atoms with Crippen molar-refractivity contribution >= 4 is 23.5 Å². The largest absolute Gasteiger partial charge is 0.310 e. The lowest BCUT2D eigenvalue weighted by Gasteiger charge is -2.19. The molecule has 6 nitrogen and oxygen atoms in total. The molecular formula is C15H22N4O2. The first kappa shape index (κ1) is 14.1. The molecule has 1 aliphatic carbocycles. The highest BCUT2D eigenvalue weighted by Crippen LogP contribution is 2.32. The minimum Gasteiger partial charge on any atom is -0.310 e. The van der Waals surface area contributed by atoms with Crippen molar-refractivity contribution in [2.24, 2.45) is 18.9 Å². The number of nitrogens with one attached hydrogen (secondary N) is 2. The predicted octanol–water partition coefficient (Wildman–Crippen LogP) is 2.07. The molecule has 0 bridgehead atoms. The smallest absolute Gasteiger partial charge is 0.228 e. The summed E-state index contributed by atoms with van der Waals surface area (Å²) in [6.45, 7) is 1.88. The van der Waals surface area contributed by atoms with Gasteiger partial charge in [-0.25, -0.2) is 0 Å². The van der Waals surface area contributed by atoms with Crippen molar-refractivity contribution in [2.45, 2.75) is 45.4 Å². The Bertz CT molecular complexity index is 572. The molecule has 114 valence electrons. The summed E-state index contributed by atoms with van der Waals surface area (Å²) in [5, 5.41) is 10.1. The average molecular weight is 290 g/mol. The van der Waals surface area contributed by atoms with E-state index in [4.69, 9.17) is 0 Å². The van der Waals surface area contributed by atoms with Gasteiger partial charge >= 0.3 is 0 Å². The van der Waals surface area contributed by atoms with Gasteiger partial charge in [-0.05, 0) is 25.2 Å². The lowest BCUT2D eigenvalue weighted by atomic mass is 9.97. The molecule has 0 aromatic carbocycles. The van der Waals surface area contributed by atoms with Gasteiger partial charge in [0.05, 0.1) is 0 Å². The molecule has 1 aliphatic heterocycles. The second kappa shape index (κ2) is 5.50. The van der Waals surface area contributed by atoms with Crippen LogP contribution in [0.4, 0.5) is 11.6 Å². The topological polar surface area (TPSA) is 76.0 Å². The second-order valence-electron chi connectivity index (χ2n) is 6.30. The van der Waals surface area contributed by atoms with Crippen molar-refractivity contribution in [1.29, 1.82) is 0 Å². The number of anilines is 2. The van der Waals surface area contributed by atoms with Crippen LogP contribution in [0.25, 0.3) is 0 Å². The zero-order valence-corrected chi connectivity index (χ0v) is 12.6. The molecule has 1 saturated carbocycles. The van der Waals surface area contributed by atoms with E-state index in [1.807, 2.05) is 6.92 Å². The van der Waals surface area contributed by atoms with Crippen molar-refractivity contribution in [2.75, 3.05) is 10.6 Å². The van der Waals surface area contributed by atoms with E-state index < -0.39 is 0 Å². The Labute approximate surface area is 124 Å². The van der Waals surface area contributed by atoms with Crippen molar-refractivity contribution < 1.29 is 9.59 Å². The predicted molar refractivity (Wildman–Crippen MR) is 79.9 cm³/mol. The minimum atomic E-state index is -0.0906. The quantitative estimate of drug-likeness (QED) is 0.894. The number of nitrogens with zero attached hydrogens (tertiary/aromatic N) is 2. The number of amides is 2. The number of hydrogen-bond donors (Lipinski definition) is 2. The third kappa shape index (κ3) is 2.80. The molecule has 2 N–H and O–H groups in total. The Hall–Kier alpha value is -1.85. The lowest BCUT2D eigenvalue weighted by molar-refractivity contribution is -0.119.